The Bertz CT molecular complexity index is 553. The summed E-state index contributed by atoms with van der Waals surface area (Å²) in [6, 6.07) is 1.44. The quantitative estimate of drug-likeness (QED) is 0.654. The Hall–Kier alpha value is -2.18. The van der Waals surface area contributed by atoms with Gasteiger partial charge in [-0.1, -0.05) is 0 Å². The second-order valence-electron chi connectivity index (χ2n) is 4.57. The highest BCUT2D eigenvalue weighted by molar-refractivity contribution is 5.82. The minimum Gasteiger partial charge on any atom is -0.466 e. The van der Waals surface area contributed by atoms with Gasteiger partial charge in [0.15, 0.2) is 5.78 Å². The van der Waals surface area contributed by atoms with E-state index in [9.17, 15) is 14.4 Å². The van der Waals surface area contributed by atoms with Crippen LogP contribution in [0.3, 0.4) is 0 Å². The molecule has 0 aliphatic carbocycles. The summed E-state index contributed by atoms with van der Waals surface area (Å²) in [6.07, 6.45) is 1.62. The van der Waals surface area contributed by atoms with Gasteiger partial charge in [-0.15, -0.1) is 0 Å². The maximum atomic E-state index is 11.9. The van der Waals surface area contributed by atoms with Crippen molar-refractivity contribution in [1.82, 2.24) is 9.78 Å². The molecule has 0 aliphatic rings. The Labute approximate surface area is 123 Å². The molecular weight excluding hydrogens is 274 g/mol. The van der Waals surface area contributed by atoms with Crippen molar-refractivity contribution in [2.75, 3.05) is 25.1 Å². The standard InChI is InChI=1S/C14H21N3O4/c1-4-16(3)11-8-13(19)17(15-9-11)10-12(18)6-7-14(20)21-5-2/h8-9H,4-7,10H2,1-3H3. The Kier molecular flexibility index (Phi) is 6.58. The van der Waals surface area contributed by atoms with E-state index in [-0.39, 0.29) is 30.7 Å². The first kappa shape index (κ1) is 16.9. The third kappa shape index (κ3) is 5.37. The fraction of sp³-hybridized carbons (Fsp3) is 0.571. The number of hydrogen-bond donors (Lipinski definition) is 0. The fourth-order valence-electron chi connectivity index (χ4n) is 1.65. The van der Waals surface area contributed by atoms with Crippen molar-refractivity contribution in [2.45, 2.75) is 33.2 Å². The average Bonchev–Trinajstić information content (AvgIpc) is 2.46. The van der Waals surface area contributed by atoms with Crippen molar-refractivity contribution in [3.63, 3.8) is 0 Å². The first-order valence-electron chi connectivity index (χ1n) is 6.93. The van der Waals surface area contributed by atoms with Crippen LogP contribution in [0.5, 0.6) is 0 Å². The number of carbonyl (C=O) groups excluding carboxylic acids is 2. The number of carbonyl (C=O) groups is 2. The van der Waals surface area contributed by atoms with E-state index in [1.165, 1.54) is 6.07 Å². The van der Waals surface area contributed by atoms with Gasteiger partial charge in [0.2, 0.25) is 0 Å². The van der Waals surface area contributed by atoms with Gasteiger partial charge in [-0.05, 0) is 13.8 Å². The van der Waals surface area contributed by atoms with Gasteiger partial charge in [-0.25, -0.2) is 4.68 Å². The Morgan fingerprint density at radius 1 is 1.33 bits per heavy atom. The molecule has 0 fully saturated rings. The summed E-state index contributed by atoms with van der Waals surface area (Å²) in [5.74, 6) is -0.639. The lowest BCUT2D eigenvalue weighted by Crippen LogP contribution is -2.28. The van der Waals surface area contributed by atoms with E-state index in [0.717, 1.165) is 11.2 Å². The van der Waals surface area contributed by atoms with Crippen molar-refractivity contribution in [3.8, 4) is 0 Å². The molecule has 0 bridgehead atoms. The molecule has 1 rings (SSSR count). The summed E-state index contributed by atoms with van der Waals surface area (Å²) in [4.78, 5) is 36.6. The molecule has 1 heterocycles. The van der Waals surface area contributed by atoms with Crippen LogP contribution < -0.4 is 10.5 Å². The molecule has 0 radical (unpaired) electrons. The predicted molar refractivity (Wildman–Crippen MR) is 78.3 cm³/mol. The normalized spacial score (nSPS) is 10.2. The number of anilines is 1. The van der Waals surface area contributed by atoms with Crippen LogP contribution >= 0.6 is 0 Å². The van der Waals surface area contributed by atoms with Crippen molar-refractivity contribution >= 4 is 17.4 Å². The predicted octanol–water partition coefficient (Wildman–Crippen LogP) is 0.612. The molecule has 0 unspecified atom stereocenters. The molecular formula is C14H21N3O4. The number of Topliss-reactive ketones (excluding diaryl/α,β-unsaturated/α-hetero) is 1. The monoisotopic (exact) mass is 295 g/mol. The second-order valence-corrected chi connectivity index (χ2v) is 4.57. The zero-order valence-corrected chi connectivity index (χ0v) is 12.7. The van der Waals surface area contributed by atoms with E-state index in [1.54, 1.807) is 13.1 Å². The molecule has 0 saturated heterocycles. The largest absolute Gasteiger partial charge is 0.466 e. The van der Waals surface area contributed by atoms with Crippen molar-refractivity contribution in [1.29, 1.82) is 0 Å². The van der Waals surface area contributed by atoms with Gasteiger partial charge in [0.05, 0.1) is 24.9 Å². The van der Waals surface area contributed by atoms with Gasteiger partial charge < -0.3 is 9.64 Å². The van der Waals surface area contributed by atoms with Crippen molar-refractivity contribution in [2.24, 2.45) is 0 Å². The maximum absolute atomic E-state index is 11.9. The van der Waals surface area contributed by atoms with Gasteiger partial charge in [-0.2, -0.15) is 5.10 Å². The number of nitrogens with zero attached hydrogens (tertiary/aromatic N) is 3. The Morgan fingerprint density at radius 3 is 2.62 bits per heavy atom. The number of ketones is 1. The molecule has 0 spiro atoms. The highest BCUT2D eigenvalue weighted by atomic mass is 16.5. The smallest absolute Gasteiger partial charge is 0.306 e. The van der Waals surface area contributed by atoms with Crippen molar-refractivity contribution in [3.05, 3.63) is 22.6 Å². The molecule has 1 aromatic heterocycles. The van der Waals surface area contributed by atoms with Crippen LogP contribution in [-0.4, -0.2) is 41.7 Å². The second kappa shape index (κ2) is 8.18. The number of rotatable bonds is 8. The molecule has 21 heavy (non-hydrogen) atoms. The molecule has 116 valence electrons. The SMILES string of the molecule is CCOC(=O)CCC(=O)Cn1ncc(N(C)CC)cc1=O. The van der Waals surface area contributed by atoms with Crippen LogP contribution in [0.1, 0.15) is 26.7 Å². The average molecular weight is 295 g/mol. The summed E-state index contributed by atoms with van der Waals surface area (Å²) in [5.41, 5.74) is 0.370. The summed E-state index contributed by atoms with van der Waals surface area (Å²) in [6.45, 7) is 4.58. The van der Waals surface area contributed by atoms with Crippen LogP contribution in [0, 0.1) is 0 Å². The van der Waals surface area contributed by atoms with E-state index in [0.29, 0.717) is 12.3 Å². The first-order valence-corrected chi connectivity index (χ1v) is 6.93. The van der Waals surface area contributed by atoms with E-state index in [1.807, 2.05) is 18.9 Å². The zero-order chi connectivity index (χ0) is 15.8. The maximum Gasteiger partial charge on any atom is 0.306 e. The summed E-state index contributed by atoms with van der Waals surface area (Å²) >= 11 is 0. The lowest BCUT2D eigenvalue weighted by molar-refractivity contribution is -0.144. The van der Waals surface area contributed by atoms with Gasteiger partial charge in [0, 0.05) is 26.1 Å². The number of aromatic nitrogens is 2. The van der Waals surface area contributed by atoms with Crippen LogP contribution in [0.4, 0.5) is 5.69 Å². The molecule has 0 N–H and O–H groups in total. The van der Waals surface area contributed by atoms with Gasteiger partial charge >= 0.3 is 5.97 Å². The Morgan fingerprint density at radius 2 is 2.05 bits per heavy atom. The highest BCUT2D eigenvalue weighted by Gasteiger charge is 2.10. The summed E-state index contributed by atoms with van der Waals surface area (Å²) in [5, 5.41) is 3.98. The highest BCUT2D eigenvalue weighted by Crippen LogP contribution is 2.06. The van der Waals surface area contributed by atoms with Crippen LogP contribution in [0.2, 0.25) is 0 Å². The molecule has 0 saturated carbocycles. The van der Waals surface area contributed by atoms with Crippen LogP contribution in [0.15, 0.2) is 17.1 Å². The molecule has 0 aliphatic heterocycles. The van der Waals surface area contributed by atoms with Gasteiger partial charge in [0.1, 0.15) is 6.54 Å². The zero-order valence-electron chi connectivity index (χ0n) is 12.7. The fourth-order valence-corrected chi connectivity index (χ4v) is 1.65. The molecule has 7 nitrogen and oxygen atoms in total. The summed E-state index contributed by atoms with van der Waals surface area (Å²) < 4.78 is 5.84. The Balaban J connectivity index is 2.61. The lowest BCUT2D eigenvalue weighted by atomic mass is 10.2. The molecule has 0 aromatic carbocycles. The minimum absolute atomic E-state index is 0.0259. The topological polar surface area (TPSA) is 81.5 Å². The molecule has 1 aromatic rings. The van der Waals surface area contributed by atoms with Crippen LogP contribution in [-0.2, 0) is 20.9 Å². The van der Waals surface area contributed by atoms with E-state index < -0.39 is 5.97 Å². The van der Waals surface area contributed by atoms with E-state index in [2.05, 4.69) is 5.10 Å². The first-order chi connectivity index (χ1) is 9.97. The third-order valence-corrected chi connectivity index (χ3v) is 3.01. The number of ether oxygens (including phenoxy) is 1. The lowest BCUT2D eigenvalue weighted by Gasteiger charge is -2.16. The minimum atomic E-state index is -0.411. The number of esters is 1. The van der Waals surface area contributed by atoms with Crippen LogP contribution in [0.25, 0.3) is 0 Å². The summed E-state index contributed by atoms with van der Waals surface area (Å²) in [7, 11) is 1.85. The van der Waals surface area contributed by atoms with Gasteiger partial charge in [-0.3, -0.25) is 14.4 Å². The number of hydrogen-bond acceptors (Lipinski definition) is 6. The van der Waals surface area contributed by atoms with Gasteiger partial charge in [0.25, 0.3) is 5.56 Å². The van der Waals surface area contributed by atoms with E-state index >= 15 is 0 Å². The molecule has 0 atom stereocenters. The third-order valence-electron chi connectivity index (χ3n) is 3.01. The molecule has 7 heteroatoms. The van der Waals surface area contributed by atoms with Crippen molar-refractivity contribution < 1.29 is 14.3 Å². The van der Waals surface area contributed by atoms with E-state index in [4.69, 9.17) is 4.74 Å². The molecule has 0 amide bonds.